The summed E-state index contributed by atoms with van der Waals surface area (Å²) in [6.45, 7) is 4.07. The van der Waals surface area contributed by atoms with Crippen LogP contribution in [0.25, 0.3) is 0 Å². The average molecular weight is 349 g/mol. The predicted octanol–water partition coefficient (Wildman–Crippen LogP) is 3.23. The Morgan fingerprint density at radius 1 is 1.00 bits per heavy atom. The molecule has 0 aliphatic heterocycles. The highest BCUT2D eigenvalue weighted by Crippen LogP contribution is 2.27. The van der Waals surface area contributed by atoms with Crippen molar-refractivity contribution in [3.05, 3.63) is 53.1 Å². The van der Waals surface area contributed by atoms with Crippen molar-refractivity contribution in [3.63, 3.8) is 0 Å². The van der Waals surface area contributed by atoms with E-state index >= 15 is 0 Å². The van der Waals surface area contributed by atoms with E-state index in [-0.39, 0.29) is 13.2 Å². The first-order chi connectivity index (χ1) is 11.5. The second-order valence-electron chi connectivity index (χ2n) is 4.83. The van der Waals surface area contributed by atoms with Gasteiger partial charge in [0.25, 0.3) is 0 Å². The molecule has 1 aromatic carbocycles. The zero-order valence-corrected chi connectivity index (χ0v) is 15.3. The monoisotopic (exact) mass is 349 g/mol. The molecule has 0 atom stereocenters. The van der Waals surface area contributed by atoms with Gasteiger partial charge in [0.15, 0.2) is 0 Å². The second-order valence-corrected chi connectivity index (χ2v) is 5.95. The largest absolute Gasteiger partial charge is 0.462 e. The van der Waals surface area contributed by atoms with Gasteiger partial charge in [0.2, 0.25) is 0 Å². The number of hydrogen-bond donors (Lipinski definition) is 0. The van der Waals surface area contributed by atoms with Crippen molar-refractivity contribution >= 4 is 23.7 Å². The molecular formula is C18H23NO4S. The van der Waals surface area contributed by atoms with E-state index < -0.39 is 11.9 Å². The molecule has 0 fully saturated rings. The van der Waals surface area contributed by atoms with Crippen LogP contribution in [-0.4, -0.2) is 44.1 Å². The van der Waals surface area contributed by atoms with Crippen LogP contribution in [0.3, 0.4) is 0 Å². The van der Waals surface area contributed by atoms with Crippen molar-refractivity contribution in [3.8, 4) is 0 Å². The molecule has 0 amide bonds. The topological polar surface area (TPSA) is 55.8 Å². The molecule has 24 heavy (non-hydrogen) atoms. The van der Waals surface area contributed by atoms with Gasteiger partial charge in [-0.2, -0.15) is 0 Å². The number of carbonyl (C=O) groups is 2. The van der Waals surface area contributed by atoms with E-state index in [9.17, 15) is 9.59 Å². The lowest BCUT2D eigenvalue weighted by Gasteiger charge is -2.15. The lowest BCUT2D eigenvalue weighted by atomic mass is 10.3. The third kappa shape index (κ3) is 6.50. The minimum atomic E-state index is -0.438. The minimum Gasteiger partial charge on any atom is -0.462 e. The lowest BCUT2D eigenvalue weighted by molar-refractivity contribution is -0.140. The van der Waals surface area contributed by atoms with Crippen molar-refractivity contribution in [2.75, 3.05) is 27.3 Å². The van der Waals surface area contributed by atoms with Crippen LogP contribution in [0.5, 0.6) is 0 Å². The summed E-state index contributed by atoms with van der Waals surface area (Å²) in [6.07, 6.45) is 3.15. The van der Waals surface area contributed by atoms with Crippen molar-refractivity contribution < 1.29 is 19.1 Å². The summed E-state index contributed by atoms with van der Waals surface area (Å²) in [7, 11) is 3.48. The van der Waals surface area contributed by atoms with Crippen molar-refractivity contribution in [2.45, 2.75) is 18.7 Å². The molecule has 0 saturated heterocycles. The Hall–Kier alpha value is -2.21. The fourth-order valence-corrected chi connectivity index (χ4v) is 2.55. The molecule has 130 valence electrons. The van der Waals surface area contributed by atoms with Crippen molar-refractivity contribution in [2.24, 2.45) is 0 Å². The predicted molar refractivity (Wildman–Crippen MR) is 95.4 cm³/mol. The van der Waals surface area contributed by atoms with Crippen LogP contribution in [0.4, 0.5) is 0 Å². The number of nitrogens with zero attached hydrogens (tertiary/aromatic N) is 1. The van der Waals surface area contributed by atoms with E-state index in [1.807, 2.05) is 30.3 Å². The van der Waals surface area contributed by atoms with Crippen LogP contribution in [-0.2, 0) is 19.1 Å². The molecule has 0 aliphatic carbocycles. The molecule has 0 aromatic heterocycles. The number of benzene rings is 1. The van der Waals surface area contributed by atoms with Gasteiger partial charge in [-0.25, -0.2) is 9.59 Å². The van der Waals surface area contributed by atoms with Crippen LogP contribution >= 0.6 is 11.8 Å². The molecule has 6 heteroatoms. The molecule has 0 bridgehead atoms. The molecule has 0 aliphatic rings. The van der Waals surface area contributed by atoms with E-state index in [0.717, 1.165) is 4.90 Å². The minimum absolute atomic E-state index is 0.285. The number of esters is 2. The van der Waals surface area contributed by atoms with Crippen molar-refractivity contribution in [1.82, 2.24) is 4.90 Å². The first-order valence-electron chi connectivity index (χ1n) is 7.66. The normalized spacial score (nSPS) is 11.8. The van der Waals surface area contributed by atoms with Gasteiger partial charge in [-0.3, -0.25) is 0 Å². The maximum absolute atomic E-state index is 12.2. The highest BCUT2D eigenvalue weighted by atomic mass is 32.2. The number of allylic oxidation sites excluding steroid dienone is 2. The van der Waals surface area contributed by atoms with E-state index in [0.29, 0.717) is 10.6 Å². The fourth-order valence-electron chi connectivity index (χ4n) is 1.72. The summed E-state index contributed by atoms with van der Waals surface area (Å²) in [6, 6.07) is 9.50. The molecule has 0 spiro atoms. The molecule has 0 saturated carbocycles. The van der Waals surface area contributed by atoms with Crippen LogP contribution in [0.15, 0.2) is 58.0 Å². The van der Waals surface area contributed by atoms with Gasteiger partial charge in [0, 0.05) is 19.0 Å². The molecule has 5 nitrogen and oxygen atoms in total. The van der Waals surface area contributed by atoms with E-state index in [1.165, 1.54) is 11.8 Å². The van der Waals surface area contributed by atoms with Gasteiger partial charge in [-0.05, 0) is 38.1 Å². The average Bonchev–Trinajstić information content (AvgIpc) is 2.55. The second kappa shape index (κ2) is 10.5. The van der Waals surface area contributed by atoms with Gasteiger partial charge in [0.05, 0.1) is 18.1 Å². The third-order valence-electron chi connectivity index (χ3n) is 2.81. The zero-order chi connectivity index (χ0) is 17.9. The van der Waals surface area contributed by atoms with Crippen LogP contribution in [0.1, 0.15) is 13.8 Å². The van der Waals surface area contributed by atoms with Gasteiger partial charge in [-0.15, -0.1) is 0 Å². The third-order valence-corrected chi connectivity index (χ3v) is 3.84. The summed E-state index contributed by atoms with van der Waals surface area (Å²) in [5, 5.41) is 0. The van der Waals surface area contributed by atoms with E-state index in [2.05, 4.69) is 0 Å². The Bertz CT molecular complexity index is 609. The number of ether oxygens (including phenoxy) is 2. The van der Waals surface area contributed by atoms with Gasteiger partial charge < -0.3 is 14.4 Å². The summed E-state index contributed by atoms with van der Waals surface area (Å²) in [4.78, 5) is 27.1. The number of rotatable bonds is 8. The zero-order valence-electron chi connectivity index (χ0n) is 14.4. The number of carbonyl (C=O) groups excluding carboxylic acids is 2. The van der Waals surface area contributed by atoms with E-state index in [1.54, 1.807) is 45.0 Å². The number of likely N-dealkylation sites (N-methyl/N-ethyl adjacent to an activating group) is 1. The molecule has 0 N–H and O–H groups in total. The van der Waals surface area contributed by atoms with Gasteiger partial charge in [-0.1, -0.05) is 30.0 Å². The first-order valence-corrected chi connectivity index (χ1v) is 8.47. The van der Waals surface area contributed by atoms with E-state index in [4.69, 9.17) is 9.47 Å². The standard InChI is InChI=1S/C18H23NO4S/c1-5-22-17(20)15(19(3)4)12-13-16(18(21)23-6-2)24-14-10-8-7-9-11-14/h7-13H,5-6H2,1-4H3/b15-12-,16-13+. The molecule has 1 aromatic rings. The first kappa shape index (κ1) is 19.8. The molecule has 0 heterocycles. The Labute approximate surface area is 147 Å². The van der Waals surface area contributed by atoms with Crippen molar-refractivity contribution in [1.29, 1.82) is 0 Å². The highest BCUT2D eigenvalue weighted by Gasteiger charge is 2.15. The number of hydrogen-bond acceptors (Lipinski definition) is 6. The quantitative estimate of drug-likeness (QED) is 0.311. The summed E-state index contributed by atoms with van der Waals surface area (Å²) < 4.78 is 10.1. The molecule has 0 unspecified atom stereocenters. The molecular weight excluding hydrogens is 326 g/mol. The fraction of sp³-hybridized carbons (Fsp3) is 0.333. The lowest BCUT2D eigenvalue weighted by Crippen LogP contribution is -2.21. The highest BCUT2D eigenvalue weighted by molar-refractivity contribution is 8.04. The Balaban J connectivity index is 3.11. The Morgan fingerprint density at radius 3 is 2.12 bits per heavy atom. The summed E-state index contributed by atoms with van der Waals surface area (Å²) >= 11 is 1.29. The van der Waals surface area contributed by atoms with Crippen LogP contribution < -0.4 is 0 Å². The smallest absolute Gasteiger partial charge is 0.354 e. The van der Waals surface area contributed by atoms with Crippen LogP contribution in [0, 0.1) is 0 Å². The molecule has 0 radical (unpaired) electrons. The van der Waals surface area contributed by atoms with Gasteiger partial charge in [0.1, 0.15) is 5.70 Å². The maximum atomic E-state index is 12.2. The number of thioether (sulfide) groups is 1. The van der Waals surface area contributed by atoms with Crippen LogP contribution in [0.2, 0.25) is 0 Å². The SMILES string of the molecule is CCOC(=O)/C(=C/C=C(/Sc1ccccc1)C(=O)OCC)N(C)C. The Kier molecular flexibility index (Phi) is 8.71. The van der Waals surface area contributed by atoms with Gasteiger partial charge >= 0.3 is 11.9 Å². The maximum Gasteiger partial charge on any atom is 0.354 e. The summed E-state index contributed by atoms with van der Waals surface area (Å²) in [5.74, 6) is -0.865. The summed E-state index contributed by atoms with van der Waals surface area (Å²) in [5.41, 5.74) is 0.354. The molecule has 1 rings (SSSR count). The Morgan fingerprint density at radius 2 is 1.58 bits per heavy atom.